The third kappa shape index (κ3) is 3.56. The van der Waals surface area contributed by atoms with Crippen molar-refractivity contribution in [1.82, 2.24) is 9.88 Å². The van der Waals surface area contributed by atoms with Crippen LogP contribution in [0, 0.1) is 0 Å². The number of nitrogens with one attached hydrogen (secondary N) is 1. The van der Waals surface area contributed by atoms with E-state index in [0.717, 1.165) is 0 Å². The fourth-order valence-electron chi connectivity index (χ4n) is 1.48. The van der Waals surface area contributed by atoms with Crippen molar-refractivity contribution in [3.05, 3.63) is 22.8 Å². The van der Waals surface area contributed by atoms with Crippen molar-refractivity contribution in [2.75, 3.05) is 38.7 Å². The first kappa shape index (κ1) is 14.7. The number of amides is 1. The van der Waals surface area contributed by atoms with Gasteiger partial charge in [-0.15, -0.1) is 0 Å². The van der Waals surface area contributed by atoms with Gasteiger partial charge >= 0.3 is 0 Å². The van der Waals surface area contributed by atoms with Crippen LogP contribution in [0.2, 0.25) is 5.02 Å². The van der Waals surface area contributed by atoms with Crippen LogP contribution in [-0.4, -0.2) is 59.4 Å². The number of nitrogens with zero attached hydrogens (tertiary/aromatic N) is 2. The summed E-state index contributed by atoms with van der Waals surface area (Å²) in [6.07, 6.45) is 1.40. The summed E-state index contributed by atoms with van der Waals surface area (Å²) in [5.41, 5.74) is 0.320. The molecule has 6 nitrogen and oxygen atoms in total. The average Bonchev–Trinajstić information content (AvgIpc) is 2.37. The monoisotopic (exact) mass is 273 g/mol. The van der Waals surface area contributed by atoms with Crippen molar-refractivity contribution in [1.29, 1.82) is 0 Å². The van der Waals surface area contributed by atoms with Crippen LogP contribution >= 0.6 is 11.6 Å². The number of hydrogen-bond acceptors (Lipinski definition) is 5. The van der Waals surface area contributed by atoms with Gasteiger partial charge in [0.15, 0.2) is 0 Å². The molecule has 1 heterocycles. The van der Waals surface area contributed by atoms with Crippen LogP contribution in [-0.2, 0) is 0 Å². The molecule has 0 radical (unpaired) electrons. The van der Waals surface area contributed by atoms with Gasteiger partial charge in [0, 0.05) is 26.3 Å². The van der Waals surface area contributed by atoms with Gasteiger partial charge in [-0.05, 0) is 6.07 Å². The molecule has 0 fully saturated rings. The van der Waals surface area contributed by atoms with Crippen molar-refractivity contribution < 1.29 is 15.0 Å². The lowest BCUT2D eigenvalue weighted by Gasteiger charge is -2.20. The molecule has 0 aliphatic heterocycles. The maximum atomic E-state index is 12.1. The van der Waals surface area contributed by atoms with Gasteiger partial charge in [0.2, 0.25) is 0 Å². The maximum Gasteiger partial charge on any atom is 0.255 e. The Labute approximate surface area is 110 Å². The second-order valence-corrected chi connectivity index (χ2v) is 3.95. The summed E-state index contributed by atoms with van der Waals surface area (Å²) in [6.45, 7) is -0.0153. The highest BCUT2D eigenvalue weighted by Crippen LogP contribution is 2.20. The number of carbonyl (C=O) groups is 1. The first-order valence-corrected chi connectivity index (χ1v) is 5.86. The number of aliphatic hydroxyl groups is 2. The van der Waals surface area contributed by atoms with Crippen molar-refractivity contribution in [3.8, 4) is 0 Å². The molecule has 0 aromatic carbocycles. The maximum absolute atomic E-state index is 12.1. The predicted octanol–water partition coefficient (Wildman–Crippen LogP) is 0.204. The summed E-state index contributed by atoms with van der Waals surface area (Å²) in [6, 6.07) is 1.50. The number of pyridine rings is 1. The SMILES string of the molecule is CNc1ncc(C(=O)N(CCO)CCO)cc1Cl. The van der Waals surface area contributed by atoms with Crippen molar-refractivity contribution in [3.63, 3.8) is 0 Å². The second kappa shape index (κ2) is 7.15. The largest absolute Gasteiger partial charge is 0.395 e. The van der Waals surface area contributed by atoms with Crippen LogP contribution in [0.4, 0.5) is 5.82 Å². The number of halogens is 1. The van der Waals surface area contributed by atoms with E-state index in [2.05, 4.69) is 10.3 Å². The normalized spacial score (nSPS) is 10.2. The quantitative estimate of drug-likeness (QED) is 0.690. The first-order chi connectivity index (χ1) is 8.63. The summed E-state index contributed by atoms with van der Waals surface area (Å²) in [4.78, 5) is 17.4. The van der Waals surface area contributed by atoms with Crippen LogP contribution in [0.25, 0.3) is 0 Å². The number of rotatable bonds is 6. The Hall–Kier alpha value is -1.37. The standard InChI is InChI=1S/C11H16ClN3O3/c1-13-10-9(12)6-8(7-14-10)11(18)15(2-4-16)3-5-17/h6-7,16-17H,2-5H2,1H3,(H,13,14). The molecule has 18 heavy (non-hydrogen) atoms. The van der Waals surface area contributed by atoms with E-state index in [4.69, 9.17) is 21.8 Å². The van der Waals surface area contributed by atoms with Gasteiger partial charge in [0.25, 0.3) is 5.91 Å². The molecule has 1 aromatic heterocycles. The molecule has 1 amide bonds. The second-order valence-electron chi connectivity index (χ2n) is 3.54. The predicted molar refractivity (Wildman–Crippen MR) is 68.9 cm³/mol. The molecule has 0 aliphatic carbocycles. The van der Waals surface area contributed by atoms with Crippen LogP contribution < -0.4 is 5.32 Å². The van der Waals surface area contributed by atoms with Gasteiger partial charge in [-0.2, -0.15) is 0 Å². The molecular formula is C11H16ClN3O3. The molecular weight excluding hydrogens is 258 g/mol. The Morgan fingerprint density at radius 3 is 2.50 bits per heavy atom. The summed E-state index contributed by atoms with van der Waals surface area (Å²) >= 11 is 5.94. The number of anilines is 1. The lowest BCUT2D eigenvalue weighted by Crippen LogP contribution is -2.35. The minimum Gasteiger partial charge on any atom is -0.395 e. The van der Waals surface area contributed by atoms with Gasteiger partial charge in [0.05, 0.1) is 23.8 Å². The Morgan fingerprint density at radius 2 is 2.06 bits per heavy atom. The molecule has 0 saturated heterocycles. The first-order valence-electron chi connectivity index (χ1n) is 5.48. The summed E-state index contributed by atoms with van der Waals surface area (Å²) < 4.78 is 0. The topological polar surface area (TPSA) is 85.7 Å². The van der Waals surface area contributed by atoms with Crippen LogP contribution in [0.15, 0.2) is 12.3 Å². The Balaban J connectivity index is 2.90. The molecule has 1 aromatic rings. The molecule has 0 unspecified atom stereocenters. The average molecular weight is 274 g/mol. The highest BCUT2D eigenvalue weighted by molar-refractivity contribution is 6.33. The number of aliphatic hydroxyl groups excluding tert-OH is 2. The Bertz CT molecular complexity index is 409. The van der Waals surface area contributed by atoms with E-state index in [-0.39, 0.29) is 32.2 Å². The minimum atomic E-state index is -0.324. The van der Waals surface area contributed by atoms with Crippen molar-refractivity contribution >= 4 is 23.3 Å². The highest BCUT2D eigenvalue weighted by Gasteiger charge is 2.16. The molecule has 0 atom stereocenters. The van der Waals surface area contributed by atoms with Crippen LogP contribution in [0.1, 0.15) is 10.4 Å². The number of aromatic nitrogens is 1. The molecule has 0 bridgehead atoms. The summed E-state index contributed by atoms with van der Waals surface area (Å²) in [7, 11) is 1.68. The lowest BCUT2D eigenvalue weighted by atomic mass is 10.2. The highest BCUT2D eigenvalue weighted by atomic mass is 35.5. The molecule has 0 spiro atoms. The van der Waals surface area contributed by atoms with Gasteiger partial charge in [-0.25, -0.2) is 4.98 Å². The van der Waals surface area contributed by atoms with Crippen LogP contribution in [0.5, 0.6) is 0 Å². The summed E-state index contributed by atoms with van der Waals surface area (Å²) in [5.74, 6) is 0.166. The number of carbonyl (C=O) groups excluding carboxylic acids is 1. The van der Waals surface area contributed by atoms with Gasteiger partial charge < -0.3 is 20.4 Å². The third-order valence-corrected chi connectivity index (χ3v) is 2.64. The van der Waals surface area contributed by atoms with E-state index in [1.54, 1.807) is 7.05 Å². The lowest BCUT2D eigenvalue weighted by molar-refractivity contribution is 0.0684. The molecule has 0 saturated carbocycles. The zero-order valence-corrected chi connectivity index (χ0v) is 10.8. The van der Waals surface area contributed by atoms with E-state index in [0.29, 0.717) is 16.4 Å². The van der Waals surface area contributed by atoms with E-state index in [1.807, 2.05) is 0 Å². The number of hydrogen-bond donors (Lipinski definition) is 3. The Kier molecular flexibility index (Phi) is 5.84. The zero-order chi connectivity index (χ0) is 13.5. The van der Waals surface area contributed by atoms with Gasteiger partial charge in [0.1, 0.15) is 5.82 Å². The third-order valence-electron chi connectivity index (χ3n) is 2.35. The van der Waals surface area contributed by atoms with E-state index < -0.39 is 0 Å². The molecule has 1 rings (SSSR count). The Morgan fingerprint density at radius 1 is 1.44 bits per heavy atom. The van der Waals surface area contributed by atoms with Crippen LogP contribution in [0.3, 0.4) is 0 Å². The summed E-state index contributed by atoms with van der Waals surface area (Å²) in [5, 5.41) is 20.9. The fraction of sp³-hybridized carbons (Fsp3) is 0.455. The molecule has 100 valence electrons. The molecule has 7 heteroatoms. The van der Waals surface area contributed by atoms with Crippen molar-refractivity contribution in [2.24, 2.45) is 0 Å². The van der Waals surface area contributed by atoms with E-state index >= 15 is 0 Å². The van der Waals surface area contributed by atoms with E-state index in [9.17, 15) is 4.79 Å². The molecule has 3 N–H and O–H groups in total. The smallest absolute Gasteiger partial charge is 0.255 e. The molecule has 0 aliphatic rings. The van der Waals surface area contributed by atoms with E-state index in [1.165, 1.54) is 17.2 Å². The minimum absolute atomic E-state index is 0.158. The van der Waals surface area contributed by atoms with Crippen molar-refractivity contribution in [2.45, 2.75) is 0 Å². The fourth-order valence-corrected chi connectivity index (χ4v) is 1.74. The zero-order valence-electron chi connectivity index (χ0n) is 10.1. The van der Waals surface area contributed by atoms with Gasteiger partial charge in [-0.1, -0.05) is 11.6 Å². The van der Waals surface area contributed by atoms with Gasteiger partial charge in [-0.3, -0.25) is 4.79 Å².